The highest BCUT2D eigenvalue weighted by atomic mass is 16.1. The van der Waals surface area contributed by atoms with Gasteiger partial charge in [0, 0.05) is 18.2 Å². The molecule has 3 aromatic rings. The molecule has 1 aromatic carbocycles. The van der Waals surface area contributed by atoms with Crippen molar-refractivity contribution in [1.29, 1.82) is 0 Å². The van der Waals surface area contributed by atoms with E-state index in [0.29, 0.717) is 12.0 Å². The summed E-state index contributed by atoms with van der Waals surface area (Å²) in [6.45, 7) is 1.90. The first kappa shape index (κ1) is 11.6. The van der Waals surface area contributed by atoms with Gasteiger partial charge in [0.05, 0.1) is 0 Å². The topological polar surface area (TPSA) is 47.3 Å². The average Bonchev–Trinajstić information content (AvgIpc) is 2.80. The summed E-state index contributed by atoms with van der Waals surface area (Å²) in [5.74, 6) is 0.758. The van der Waals surface area contributed by atoms with Gasteiger partial charge in [-0.2, -0.15) is 5.10 Å². The number of carbonyl (C=O) groups excluding carboxylic acids is 1. The predicted octanol–water partition coefficient (Wildman–Crippen LogP) is 2.44. The fourth-order valence-corrected chi connectivity index (χ4v) is 2.06. The highest BCUT2D eigenvalue weighted by Gasteiger charge is 2.07. The number of fused-ring (bicyclic) bond motifs is 1. The van der Waals surface area contributed by atoms with Crippen LogP contribution < -0.4 is 0 Å². The fraction of sp³-hybridized carbons (Fsp3) is 0.133. The van der Waals surface area contributed by atoms with Crippen LogP contribution in [0.3, 0.4) is 0 Å². The molecule has 0 unspecified atom stereocenters. The number of aromatic nitrogens is 3. The average molecular weight is 251 g/mol. The molecule has 0 N–H and O–H groups in total. The van der Waals surface area contributed by atoms with E-state index in [1.807, 2.05) is 43.3 Å². The molecule has 0 saturated carbocycles. The van der Waals surface area contributed by atoms with Gasteiger partial charge in [-0.25, -0.2) is 9.50 Å². The molecular weight excluding hydrogens is 238 g/mol. The number of rotatable bonds is 3. The molecule has 4 heteroatoms. The van der Waals surface area contributed by atoms with Gasteiger partial charge < -0.3 is 0 Å². The van der Waals surface area contributed by atoms with Crippen LogP contribution in [0.4, 0.5) is 0 Å². The lowest BCUT2D eigenvalue weighted by molar-refractivity contribution is 0.112. The van der Waals surface area contributed by atoms with Crippen molar-refractivity contribution in [3.05, 3.63) is 65.1 Å². The first-order chi connectivity index (χ1) is 9.26. The number of carbonyl (C=O) groups is 1. The van der Waals surface area contributed by atoms with Crippen molar-refractivity contribution in [3.63, 3.8) is 0 Å². The van der Waals surface area contributed by atoms with E-state index in [2.05, 4.69) is 10.1 Å². The van der Waals surface area contributed by atoms with Crippen LogP contribution in [0.25, 0.3) is 5.65 Å². The summed E-state index contributed by atoms with van der Waals surface area (Å²) in [7, 11) is 0. The van der Waals surface area contributed by atoms with Gasteiger partial charge in [-0.15, -0.1) is 0 Å². The molecule has 0 radical (unpaired) electrons. The minimum Gasteiger partial charge on any atom is -0.298 e. The number of aryl methyl sites for hydroxylation is 1. The van der Waals surface area contributed by atoms with E-state index in [1.165, 1.54) is 5.56 Å². The Hall–Kier alpha value is -2.49. The summed E-state index contributed by atoms with van der Waals surface area (Å²) in [5, 5.41) is 4.40. The zero-order chi connectivity index (χ0) is 13.2. The molecule has 0 spiro atoms. The molecule has 0 amide bonds. The standard InChI is InChI=1S/C15H13N3O/c1-11-7-15-16-14(8-12-5-3-2-4-6-12)17-18(15)9-13(11)10-19/h2-7,9-10H,8H2,1H3. The van der Waals surface area contributed by atoms with Crippen LogP contribution in [0.2, 0.25) is 0 Å². The van der Waals surface area contributed by atoms with Gasteiger partial charge in [-0.3, -0.25) is 4.79 Å². The maximum absolute atomic E-state index is 10.9. The first-order valence-corrected chi connectivity index (χ1v) is 6.11. The fourth-order valence-electron chi connectivity index (χ4n) is 2.06. The molecule has 4 nitrogen and oxygen atoms in total. The highest BCUT2D eigenvalue weighted by Crippen LogP contribution is 2.11. The second kappa shape index (κ2) is 4.65. The Bertz CT molecular complexity index is 732. The lowest BCUT2D eigenvalue weighted by Gasteiger charge is -1.97. The third kappa shape index (κ3) is 2.25. The summed E-state index contributed by atoms with van der Waals surface area (Å²) in [5.41, 5.74) is 3.50. The van der Waals surface area contributed by atoms with E-state index in [4.69, 9.17) is 0 Å². The summed E-state index contributed by atoms with van der Waals surface area (Å²) >= 11 is 0. The summed E-state index contributed by atoms with van der Waals surface area (Å²) < 4.78 is 1.66. The second-order valence-electron chi connectivity index (χ2n) is 4.52. The minimum atomic E-state index is 0.642. The van der Waals surface area contributed by atoms with Crippen LogP contribution in [0.15, 0.2) is 42.6 Å². The maximum Gasteiger partial charge on any atom is 0.156 e. The lowest BCUT2D eigenvalue weighted by atomic mass is 10.1. The van der Waals surface area contributed by atoms with Gasteiger partial charge in [0.15, 0.2) is 17.8 Å². The molecule has 0 atom stereocenters. The molecule has 0 aliphatic rings. The van der Waals surface area contributed by atoms with Gasteiger partial charge in [-0.1, -0.05) is 30.3 Å². The molecule has 3 rings (SSSR count). The molecule has 2 heterocycles. The quantitative estimate of drug-likeness (QED) is 0.672. The van der Waals surface area contributed by atoms with Crippen molar-refractivity contribution in [2.75, 3.05) is 0 Å². The zero-order valence-electron chi connectivity index (χ0n) is 10.6. The van der Waals surface area contributed by atoms with Crippen LogP contribution in [-0.4, -0.2) is 20.9 Å². The van der Waals surface area contributed by atoms with Gasteiger partial charge in [0.25, 0.3) is 0 Å². The normalized spacial score (nSPS) is 10.8. The molecule has 94 valence electrons. The third-order valence-corrected chi connectivity index (χ3v) is 3.10. The van der Waals surface area contributed by atoms with Crippen LogP contribution in [0.1, 0.15) is 27.3 Å². The SMILES string of the molecule is Cc1cc2nc(Cc3ccccc3)nn2cc1C=O. The van der Waals surface area contributed by atoms with Crippen LogP contribution in [-0.2, 0) is 6.42 Å². The molecule has 0 fully saturated rings. The van der Waals surface area contributed by atoms with Gasteiger partial charge in [0.2, 0.25) is 0 Å². The van der Waals surface area contributed by atoms with E-state index in [-0.39, 0.29) is 0 Å². The molecular formula is C15H13N3O. The Labute approximate surface area is 110 Å². The summed E-state index contributed by atoms with van der Waals surface area (Å²) in [6, 6.07) is 12.0. The Kier molecular flexibility index (Phi) is 2.83. The zero-order valence-corrected chi connectivity index (χ0v) is 10.6. The Balaban J connectivity index is 2.00. The Morgan fingerprint density at radius 2 is 2.05 bits per heavy atom. The van der Waals surface area contributed by atoms with Crippen molar-refractivity contribution >= 4 is 11.9 Å². The first-order valence-electron chi connectivity index (χ1n) is 6.11. The second-order valence-corrected chi connectivity index (χ2v) is 4.52. The van der Waals surface area contributed by atoms with Crippen molar-refractivity contribution in [2.45, 2.75) is 13.3 Å². The molecule has 19 heavy (non-hydrogen) atoms. The van der Waals surface area contributed by atoms with Crippen LogP contribution in [0.5, 0.6) is 0 Å². The van der Waals surface area contributed by atoms with Crippen molar-refractivity contribution in [1.82, 2.24) is 14.6 Å². The number of benzene rings is 1. The number of hydrogen-bond acceptors (Lipinski definition) is 3. The molecule has 2 aromatic heterocycles. The van der Waals surface area contributed by atoms with Crippen molar-refractivity contribution in [2.24, 2.45) is 0 Å². The minimum absolute atomic E-state index is 0.642. The number of nitrogens with zero attached hydrogens (tertiary/aromatic N) is 3. The maximum atomic E-state index is 10.9. The largest absolute Gasteiger partial charge is 0.298 e. The third-order valence-electron chi connectivity index (χ3n) is 3.10. The summed E-state index contributed by atoms with van der Waals surface area (Å²) in [6.07, 6.45) is 3.25. The number of hydrogen-bond donors (Lipinski definition) is 0. The van der Waals surface area contributed by atoms with E-state index in [1.54, 1.807) is 10.7 Å². The number of aldehydes is 1. The van der Waals surface area contributed by atoms with Gasteiger partial charge in [-0.05, 0) is 24.1 Å². The predicted molar refractivity (Wildman–Crippen MR) is 72.4 cm³/mol. The molecule has 0 bridgehead atoms. The smallest absolute Gasteiger partial charge is 0.156 e. The van der Waals surface area contributed by atoms with E-state index >= 15 is 0 Å². The van der Waals surface area contributed by atoms with Gasteiger partial charge >= 0.3 is 0 Å². The van der Waals surface area contributed by atoms with E-state index in [9.17, 15) is 4.79 Å². The molecule has 0 aliphatic carbocycles. The number of pyridine rings is 1. The Morgan fingerprint density at radius 1 is 1.26 bits per heavy atom. The van der Waals surface area contributed by atoms with E-state index < -0.39 is 0 Å². The van der Waals surface area contributed by atoms with E-state index in [0.717, 1.165) is 23.3 Å². The van der Waals surface area contributed by atoms with Gasteiger partial charge in [0.1, 0.15) is 0 Å². The molecule has 0 saturated heterocycles. The van der Waals surface area contributed by atoms with Crippen LogP contribution in [0, 0.1) is 6.92 Å². The summed E-state index contributed by atoms with van der Waals surface area (Å²) in [4.78, 5) is 15.4. The monoisotopic (exact) mass is 251 g/mol. The lowest BCUT2D eigenvalue weighted by Crippen LogP contribution is -1.95. The highest BCUT2D eigenvalue weighted by molar-refractivity contribution is 5.77. The Morgan fingerprint density at radius 3 is 2.79 bits per heavy atom. The molecule has 0 aliphatic heterocycles. The van der Waals surface area contributed by atoms with Crippen LogP contribution >= 0.6 is 0 Å². The van der Waals surface area contributed by atoms with Crippen molar-refractivity contribution < 1.29 is 4.79 Å². The van der Waals surface area contributed by atoms with Crippen molar-refractivity contribution in [3.8, 4) is 0 Å².